The normalized spacial score (nSPS) is 21.4. The zero-order chi connectivity index (χ0) is 19.2. The maximum Gasteiger partial charge on any atom is 0.209 e. The van der Waals surface area contributed by atoms with Crippen LogP contribution in [-0.4, -0.2) is 70.5 Å². The monoisotopic (exact) mass is 388 g/mol. The third-order valence-corrected chi connectivity index (χ3v) is 6.07. The second kappa shape index (κ2) is 9.37. The molecule has 2 aliphatic rings. The second-order valence-corrected chi connectivity index (χ2v) is 10.1. The van der Waals surface area contributed by atoms with Crippen molar-refractivity contribution in [2.45, 2.75) is 64.0 Å². The Morgan fingerprint density at radius 1 is 1.19 bits per heavy atom. The average molecular weight is 389 g/mol. The molecule has 0 amide bonds. The van der Waals surface area contributed by atoms with E-state index in [1.807, 2.05) is 13.8 Å². The van der Waals surface area contributed by atoms with Gasteiger partial charge in [-0.15, -0.1) is 0 Å². The summed E-state index contributed by atoms with van der Waals surface area (Å²) in [5, 5.41) is 3.30. The Kier molecular flexibility index (Phi) is 7.73. The molecule has 0 aromatic rings. The molecule has 0 bridgehead atoms. The number of piperidine rings is 1. The van der Waals surface area contributed by atoms with Gasteiger partial charge in [0.25, 0.3) is 0 Å². The topological polar surface area (TPSA) is 83.0 Å². The van der Waals surface area contributed by atoms with Gasteiger partial charge in [-0.1, -0.05) is 12.8 Å². The number of sulfonamides is 1. The van der Waals surface area contributed by atoms with Crippen molar-refractivity contribution < 1.29 is 13.2 Å². The van der Waals surface area contributed by atoms with E-state index in [1.54, 1.807) is 7.05 Å². The summed E-state index contributed by atoms with van der Waals surface area (Å²) in [6.45, 7) is 6.94. The number of guanidine groups is 1. The minimum Gasteiger partial charge on any atom is -0.378 e. The molecule has 26 heavy (non-hydrogen) atoms. The number of hydrogen-bond donors (Lipinski definition) is 2. The van der Waals surface area contributed by atoms with Gasteiger partial charge in [-0.25, -0.2) is 13.1 Å². The van der Waals surface area contributed by atoms with E-state index in [2.05, 4.69) is 19.9 Å². The largest absolute Gasteiger partial charge is 0.378 e. The minimum absolute atomic E-state index is 0.355. The van der Waals surface area contributed by atoms with Crippen LogP contribution in [0.15, 0.2) is 4.99 Å². The Morgan fingerprint density at radius 3 is 2.35 bits per heavy atom. The first-order chi connectivity index (χ1) is 12.2. The second-order valence-electron chi connectivity index (χ2n) is 8.33. The van der Waals surface area contributed by atoms with Gasteiger partial charge in [-0.2, -0.15) is 0 Å². The Balaban J connectivity index is 1.73. The van der Waals surface area contributed by atoms with Crippen molar-refractivity contribution in [1.29, 1.82) is 0 Å². The van der Waals surface area contributed by atoms with Crippen molar-refractivity contribution >= 4 is 16.0 Å². The number of hydrogen-bond acceptors (Lipinski definition) is 4. The molecule has 0 aromatic carbocycles. The molecule has 0 spiro atoms. The number of aliphatic imine (C=N–C) groups is 1. The molecule has 1 saturated carbocycles. The molecule has 0 aromatic heterocycles. The first-order valence-electron chi connectivity index (χ1n) is 9.75. The van der Waals surface area contributed by atoms with Crippen molar-refractivity contribution in [2.75, 3.05) is 39.5 Å². The summed E-state index contributed by atoms with van der Waals surface area (Å²) in [5.74, 6) is 1.59. The Morgan fingerprint density at radius 2 is 1.81 bits per heavy atom. The number of rotatable bonds is 7. The summed E-state index contributed by atoms with van der Waals surface area (Å²) in [6, 6.07) is 0. The molecule has 1 aliphatic heterocycles. The molecule has 2 N–H and O–H groups in total. The SMILES string of the molecule is CN=C(NCC(C)(C)NS(C)(=O)=O)N1CCC(OCC2CCCC2)CC1. The molecule has 1 heterocycles. The van der Waals surface area contributed by atoms with Gasteiger partial charge in [-0.05, 0) is 45.4 Å². The maximum absolute atomic E-state index is 11.5. The van der Waals surface area contributed by atoms with Gasteiger partial charge in [0.15, 0.2) is 5.96 Å². The summed E-state index contributed by atoms with van der Waals surface area (Å²) >= 11 is 0. The van der Waals surface area contributed by atoms with Gasteiger partial charge in [0.05, 0.1) is 12.4 Å². The third kappa shape index (κ3) is 7.40. The van der Waals surface area contributed by atoms with Crippen molar-refractivity contribution in [3.63, 3.8) is 0 Å². The quantitative estimate of drug-likeness (QED) is 0.511. The summed E-state index contributed by atoms with van der Waals surface area (Å²) in [4.78, 5) is 6.59. The zero-order valence-electron chi connectivity index (χ0n) is 16.8. The van der Waals surface area contributed by atoms with Crippen LogP contribution in [0.1, 0.15) is 52.4 Å². The van der Waals surface area contributed by atoms with E-state index in [9.17, 15) is 8.42 Å². The molecular weight excluding hydrogens is 352 g/mol. The molecule has 7 nitrogen and oxygen atoms in total. The van der Waals surface area contributed by atoms with Crippen LogP contribution in [0.3, 0.4) is 0 Å². The van der Waals surface area contributed by atoms with Crippen LogP contribution in [-0.2, 0) is 14.8 Å². The number of likely N-dealkylation sites (tertiary alicyclic amines) is 1. The lowest BCUT2D eigenvalue weighted by atomic mass is 10.1. The van der Waals surface area contributed by atoms with Gasteiger partial charge in [0.1, 0.15) is 0 Å². The third-order valence-electron chi connectivity index (χ3n) is 5.15. The molecule has 0 atom stereocenters. The fourth-order valence-electron chi connectivity index (χ4n) is 3.85. The average Bonchev–Trinajstić information content (AvgIpc) is 3.05. The van der Waals surface area contributed by atoms with Crippen molar-refractivity contribution in [2.24, 2.45) is 10.9 Å². The highest BCUT2D eigenvalue weighted by molar-refractivity contribution is 7.88. The molecular formula is C18H36N4O3S. The van der Waals surface area contributed by atoms with E-state index in [-0.39, 0.29) is 0 Å². The lowest BCUT2D eigenvalue weighted by molar-refractivity contribution is 0.000986. The van der Waals surface area contributed by atoms with Crippen LogP contribution in [0, 0.1) is 5.92 Å². The molecule has 0 unspecified atom stereocenters. The van der Waals surface area contributed by atoms with Crippen LogP contribution in [0.5, 0.6) is 0 Å². The van der Waals surface area contributed by atoms with Crippen LogP contribution in [0.25, 0.3) is 0 Å². The predicted molar refractivity (Wildman–Crippen MR) is 106 cm³/mol. The maximum atomic E-state index is 11.5. The molecule has 2 rings (SSSR count). The molecule has 152 valence electrons. The van der Waals surface area contributed by atoms with E-state index in [4.69, 9.17) is 4.74 Å². The van der Waals surface area contributed by atoms with Crippen LogP contribution in [0.2, 0.25) is 0 Å². The number of nitrogens with one attached hydrogen (secondary N) is 2. The molecule has 0 radical (unpaired) electrons. The highest BCUT2D eigenvalue weighted by atomic mass is 32.2. The molecule has 2 fully saturated rings. The Hall–Kier alpha value is -0.860. The molecule has 1 saturated heterocycles. The zero-order valence-corrected chi connectivity index (χ0v) is 17.6. The van der Waals surface area contributed by atoms with E-state index in [0.29, 0.717) is 12.6 Å². The number of ether oxygens (including phenoxy) is 1. The molecule has 1 aliphatic carbocycles. The summed E-state index contributed by atoms with van der Waals surface area (Å²) in [5.41, 5.74) is -0.577. The highest BCUT2D eigenvalue weighted by Crippen LogP contribution is 2.26. The summed E-state index contributed by atoms with van der Waals surface area (Å²) in [7, 11) is -1.48. The first-order valence-corrected chi connectivity index (χ1v) is 11.6. The fourth-order valence-corrected chi connectivity index (χ4v) is 4.93. The van der Waals surface area contributed by atoms with E-state index in [1.165, 1.54) is 31.9 Å². The summed E-state index contributed by atoms with van der Waals surface area (Å²) < 4.78 is 31.7. The predicted octanol–water partition coefficient (Wildman–Crippen LogP) is 1.56. The van der Waals surface area contributed by atoms with E-state index < -0.39 is 15.6 Å². The van der Waals surface area contributed by atoms with Crippen LogP contribution < -0.4 is 10.0 Å². The van der Waals surface area contributed by atoms with Crippen molar-refractivity contribution in [3.8, 4) is 0 Å². The Bertz CT molecular complexity index is 563. The van der Waals surface area contributed by atoms with Crippen LogP contribution in [0.4, 0.5) is 0 Å². The Labute approximate surface area is 159 Å². The number of nitrogens with zero attached hydrogens (tertiary/aromatic N) is 2. The highest BCUT2D eigenvalue weighted by Gasteiger charge is 2.26. The standard InChI is InChI=1S/C18H36N4O3S/c1-18(2,21-26(4,23)24)14-20-17(19-3)22-11-9-16(10-12-22)25-13-15-7-5-6-8-15/h15-16,21H,5-14H2,1-4H3,(H,19,20). The van der Waals surface area contributed by atoms with Crippen molar-refractivity contribution in [3.05, 3.63) is 0 Å². The van der Waals surface area contributed by atoms with Gasteiger partial charge < -0.3 is 15.0 Å². The van der Waals surface area contributed by atoms with Gasteiger partial charge in [0, 0.05) is 38.8 Å². The molecule has 8 heteroatoms. The van der Waals surface area contributed by atoms with Gasteiger partial charge in [0.2, 0.25) is 10.0 Å². The fraction of sp³-hybridized carbons (Fsp3) is 0.944. The van der Waals surface area contributed by atoms with Crippen molar-refractivity contribution in [1.82, 2.24) is 14.9 Å². The lowest BCUT2D eigenvalue weighted by Crippen LogP contribution is -2.54. The summed E-state index contributed by atoms with van der Waals surface area (Å²) in [6.07, 6.45) is 8.93. The van der Waals surface area contributed by atoms with E-state index >= 15 is 0 Å². The van der Waals surface area contributed by atoms with Crippen LogP contribution >= 0.6 is 0 Å². The van der Waals surface area contributed by atoms with Gasteiger partial charge >= 0.3 is 0 Å². The minimum atomic E-state index is -3.24. The smallest absolute Gasteiger partial charge is 0.209 e. The van der Waals surface area contributed by atoms with E-state index in [0.717, 1.165) is 44.4 Å². The van der Waals surface area contributed by atoms with Gasteiger partial charge in [-0.3, -0.25) is 4.99 Å². The lowest BCUT2D eigenvalue weighted by Gasteiger charge is -2.36. The first kappa shape index (κ1) is 21.4.